The number of likely N-dealkylation sites (tertiary alicyclic amines) is 1. The van der Waals surface area contributed by atoms with Crippen molar-refractivity contribution in [2.75, 3.05) is 18.5 Å². The van der Waals surface area contributed by atoms with E-state index in [0.29, 0.717) is 6.42 Å². The van der Waals surface area contributed by atoms with E-state index in [1.165, 1.54) is 19.4 Å². The van der Waals surface area contributed by atoms with E-state index in [9.17, 15) is 9.59 Å². The van der Waals surface area contributed by atoms with Gasteiger partial charge in [-0.25, -0.2) is 14.8 Å². The summed E-state index contributed by atoms with van der Waals surface area (Å²) < 4.78 is 8.19. The third kappa shape index (κ3) is 2.60. The molecule has 1 fully saturated rings. The minimum Gasteiger partial charge on any atom is -0.465 e. The van der Waals surface area contributed by atoms with E-state index in [0.717, 1.165) is 9.80 Å². The van der Waals surface area contributed by atoms with Gasteiger partial charge in [0.1, 0.15) is 6.02 Å². The molecule has 1 aromatic rings. The van der Waals surface area contributed by atoms with Crippen LogP contribution in [0.15, 0.2) is 12.4 Å². The summed E-state index contributed by atoms with van der Waals surface area (Å²) in [5, 5.41) is 9.11. The van der Waals surface area contributed by atoms with Crippen LogP contribution in [0.1, 0.15) is 14.2 Å². The van der Waals surface area contributed by atoms with Crippen LogP contribution in [0.4, 0.5) is 10.6 Å². The summed E-state index contributed by atoms with van der Waals surface area (Å²) in [7, 11) is 1.40. The first-order chi connectivity index (χ1) is 9.38. The van der Waals surface area contributed by atoms with Gasteiger partial charge in [-0.05, 0) is 12.8 Å². The van der Waals surface area contributed by atoms with Crippen LogP contribution < -0.4 is 4.90 Å². The molecule has 1 atom stereocenters. The monoisotopic (exact) mass is 285 g/mol. The minimum atomic E-state index is -1.85. The Kier molecular flexibility index (Phi) is 3.45. The molecule has 1 aliphatic heterocycles. The maximum atomic E-state index is 12.4. The maximum absolute atomic E-state index is 12.4. The number of anilines is 1. The number of hydrogen-bond donors (Lipinski definition) is 1. The summed E-state index contributed by atoms with van der Waals surface area (Å²) in [4.78, 5) is 33.2. The molecule has 2 rings (SSSR count). The molecule has 102 valence electrons. The summed E-state index contributed by atoms with van der Waals surface area (Å²) >= 11 is 5.86. The predicted octanol–water partition coefficient (Wildman–Crippen LogP) is 1.24. The van der Waals surface area contributed by atoms with Gasteiger partial charge in [-0.1, -0.05) is 11.6 Å². The highest BCUT2D eigenvalue weighted by Gasteiger charge is 2.36. The van der Waals surface area contributed by atoms with Gasteiger partial charge in [-0.15, -0.1) is 0 Å². The lowest BCUT2D eigenvalue weighted by Crippen LogP contribution is -2.46. The van der Waals surface area contributed by atoms with Crippen molar-refractivity contribution in [1.29, 1.82) is 0 Å². The number of nitrogens with zero attached hydrogens (tertiary/aromatic N) is 4. The third-order valence-electron chi connectivity index (χ3n) is 2.86. The van der Waals surface area contributed by atoms with E-state index < -0.39 is 18.0 Å². The average Bonchev–Trinajstić information content (AvgIpc) is 2.81. The molecule has 1 unspecified atom stereocenters. The Bertz CT molecular complexity index is 558. The van der Waals surface area contributed by atoms with Crippen LogP contribution in [-0.4, -0.2) is 51.6 Å². The Hall–Kier alpha value is -1.89. The zero-order valence-electron chi connectivity index (χ0n) is 11.2. The molecular formula is C11H13ClN4O3. The van der Waals surface area contributed by atoms with Crippen molar-refractivity contribution in [2.45, 2.75) is 18.9 Å². The van der Waals surface area contributed by atoms with Crippen molar-refractivity contribution in [2.24, 2.45) is 0 Å². The van der Waals surface area contributed by atoms with Crippen LogP contribution in [-0.2, 0) is 4.79 Å². The minimum absolute atomic E-state index is 0.0202. The normalized spacial score (nSPS) is 23.1. The number of rotatable bonds is 2. The van der Waals surface area contributed by atoms with Gasteiger partial charge in [0.05, 0.1) is 1.37 Å². The van der Waals surface area contributed by atoms with Crippen LogP contribution >= 0.6 is 11.6 Å². The molecule has 7 nitrogen and oxygen atoms in total. The molecule has 0 saturated carbocycles. The molecule has 0 radical (unpaired) electrons. The largest absolute Gasteiger partial charge is 0.465 e. The molecule has 19 heavy (non-hydrogen) atoms. The van der Waals surface area contributed by atoms with Crippen LogP contribution in [0, 0.1) is 0 Å². The highest BCUT2D eigenvalue weighted by molar-refractivity contribution is 6.32. The number of carboxylic acid groups (broad SMARTS) is 1. The summed E-state index contributed by atoms with van der Waals surface area (Å²) in [6, 6.07) is -1.85. The topological polar surface area (TPSA) is 86.6 Å². The van der Waals surface area contributed by atoms with Crippen molar-refractivity contribution >= 4 is 29.4 Å². The molecule has 8 heteroatoms. The summed E-state index contributed by atoms with van der Waals surface area (Å²) in [5.41, 5.74) is 0. The van der Waals surface area contributed by atoms with E-state index in [2.05, 4.69) is 9.97 Å². The van der Waals surface area contributed by atoms with Crippen LogP contribution in [0.2, 0.25) is 5.15 Å². The van der Waals surface area contributed by atoms with Crippen molar-refractivity contribution in [3.63, 3.8) is 0 Å². The Morgan fingerprint density at radius 1 is 1.58 bits per heavy atom. The predicted molar refractivity (Wildman–Crippen MR) is 68.2 cm³/mol. The second kappa shape index (κ2) is 5.40. The highest BCUT2D eigenvalue weighted by Crippen LogP contribution is 2.24. The molecule has 2 amide bonds. The zero-order valence-corrected chi connectivity index (χ0v) is 11.0. The highest BCUT2D eigenvalue weighted by atomic mass is 35.5. The second-order valence-electron chi connectivity index (χ2n) is 4.02. The molecule has 2 heterocycles. The first kappa shape index (κ1) is 12.2. The van der Waals surface area contributed by atoms with Gasteiger partial charge >= 0.3 is 6.09 Å². The molecule has 0 bridgehead atoms. The standard InChI is InChI=1S/C11H13ClN4O3/c1-15(9-8(12)13-4-5-14-9)10(17)7-3-2-6-16(7)11(18)19/h4-5,7H,2-3,6H2,1H3,(H,18,19)/i7D. The maximum Gasteiger partial charge on any atom is 0.407 e. The lowest BCUT2D eigenvalue weighted by molar-refractivity contribution is -0.122. The zero-order chi connectivity index (χ0) is 14.9. The van der Waals surface area contributed by atoms with Gasteiger partial charge in [-0.3, -0.25) is 14.6 Å². The van der Waals surface area contributed by atoms with Crippen LogP contribution in [0.3, 0.4) is 0 Å². The Labute approximate surface area is 116 Å². The summed E-state index contributed by atoms with van der Waals surface area (Å²) in [6.45, 7) is 0.159. The number of carbonyl (C=O) groups is 2. The summed E-state index contributed by atoms with van der Waals surface area (Å²) in [6.07, 6.45) is 2.05. The molecule has 1 saturated heterocycles. The number of halogens is 1. The first-order valence-corrected chi connectivity index (χ1v) is 6.01. The third-order valence-corrected chi connectivity index (χ3v) is 3.12. The van der Waals surface area contributed by atoms with Crippen molar-refractivity contribution < 1.29 is 16.1 Å². The van der Waals surface area contributed by atoms with E-state index in [1.807, 2.05) is 0 Å². The van der Waals surface area contributed by atoms with Gasteiger partial charge in [-0.2, -0.15) is 0 Å². The SMILES string of the molecule is [2H]C1(C(=O)N(C)c2nccnc2Cl)CCCN1C(=O)O. The molecule has 0 spiro atoms. The Morgan fingerprint density at radius 3 is 2.89 bits per heavy atom. The van der Waals surface area contributed by atoms with E-state index in [4.69, 9.17) is 18.1 Å². The fraction of sp³-hybridized carbons (Fsp3) is 0.455. The Morgan fingerprint density at radius 2 is 2.26 bits per heavy atom. The van der Waals surface area contributed by atoms with Crippen LogP contribution in [0.5, 0.6) is 0 Å². The lowest BCUT2D eigenvalue weighted by atomic mass is 10.2. The fourth-order valence-electron chi connectivity index (χ4n) is 1.94. The van der Waals surface area contributed by atoms with Gasteiger partial charge in [0.25, 0.3) is 5.91 Å². The average molecular weight is 286 g/mol. The fourth-order valence-corrected chi connectivity index (χ4v) is 2.17. The number of hydrogen-bond acceptors (Lipinski definition) is 4. The molecule has 0 aromatic carbocycles. The number of amides is 2. The second-order valence-corrected chi connectivity index (χ2v) is 4.38. The lowest BCUT2D eigenvalue weighted by Gasteiger charge is -2.25. The quantitative estimate of drug-likeness (QED) is 0.883. The van der Waals surface area contributed by atoms with Gasteiger partial charge in [0.15, 0.2) is 11.0 Å². The van der Waals surface area contributed by atoms with Crippen LogP contribution in [0.25, 0.3) is 0 Å². The number of carbonyl (C=O) groups excluding carboxylic acids is 1. The molecular weight excluding hydrogens is 272 g/mol. The van der Waals surface area contributed by atoms with E-state index in [1.54, 1.807) is 0 Å². The van der Waals surface area contributed by atoms with Gasteiger partial charge in [0.2, 0.25) is 0 Å². The van der Waals surface area contributed by atoms with Crippen molar-refractivity contribution in [3.8, 4) is 0 Å². The number of aromatic nitrogens is 2. The smallest absolute Gasteiger partial charge is 0.407 e. The molecule has 1 aromatic heterocycles. The Balaban J connectivity index is 2.31. The molecule has 1 N–H and O–H groups in total. The van der Waals surface area contributed by atoms with Crippen molar-refractivity contribution in [1.82, 2.24) is 14.9 Å². The van der Waals surface area contributed by atoms with E-state index in [-0.39, 0.29) is 23.9 Å². The van der Waals surface area contributed by atoms with Crippen molar-refractivity contribution in [3.05, 3.63) is 17.5 Å². The number of likely N-dealkylation sites (N-methyl/N-ethyl adjacent to an activating group) is 1. The molecule has 0 aliphatic carbocycles. The molecule has 1 aliphatic rings. The van der Waals surface area contributed by atoms with E-state index >= 15 is 0 Å². The van der Waals surface area contributed by atoms with Gasteiger partial charge in [0, 0.05) is 26.0 Å². The van der Waals surface area contributed by atoms with Gasteiger partial charge < -0.3 is 5.11 Å². The summed E-state index contributed by atoms with van der Waals surface area (Å²) in [5.74, 6) is -0.595. The first-order valence-electron chi connectivity index (χ1n) is 6.13.